The number of sulfonamides is 1. The molecule has 0 unspecified atom stereocenters. The zero-order chi connectivity index (χ0) is 28.2. The molecule has 0 aliphatic carbocycles. The smallest absolute Gasteiger partial charge is 0.337 e. The van der Waals surface area contributed by atoms with E-state index in [1.807, 2.05) is 37.3 Å². The second kappa shape index (κ2) is 11.9. The Morgan fingerprint density at radius 2 is 1.77 bits per heavy atom. The van der Waals surface area contributed by atoms with Gasteiger partial charge in [-0.05, 0) is 69.3 Å². The van der Waals surface area contributed by atoms with Crippen LogP contribution < -0.4 is 10.6 Å². The Morgan fingerprint density at radius 3 is 2.41 bits per heavy atom. The van der Waals surface area contributed by atoms with Crippen LogP contribution in [0, 0.1) is 6.92 Å². The summed E-state index contributed by atoms with van der Waals surface area (Å²) in [5.41, 5.74) is 1.40. The molecule has 12 heteroatoms. The first-order chi connectivity index (χ1) is 18.5. The standard InChI is InChI=1S/C27H32F3N5O3S/c1-3-35(39(37,38)22-10-8-20(9-11-22)27(28,29)30)21-12-15-34(16-13-21)17-14-31-26(36)33-25-18-19(2)32-24-7-5-4-6-23(24)25/h4-11,18,21H,3,12-17H2,1-2H3,(H2,31,32,33,36). The number of nitrogens with zero attached hydrogens (tertiary/aromatic N) is 3. The number of aromatic nitrogens is 1. The number of hydrogen-bond donors (Lipinski definition) is 2. The highest BCUT2D eigenvalue weighted by Gasteiger charge is 2.34. The second-order valence-corrected chi connectivity index (χ2v) is 11.4. The summed E-state index contributed by atoms with van der Waals surface area (Å²) >= 11 is 0. The second-order valence-electron chi connectivity index (χ2n) is 9.51. The van der Waals surface area contributed by atoms with E-state index in [0.717, 1.165) is 40.9 Å². The molecule has 2 aromatic carbocycles. The van der Waals surface area contributed by atoms with Crippen LogP contribution in [0.4, 0.5) is 23.7 Å². The molecule has 1 saturated heterocycles. The number of alkyl halides is 3. The molecule has 1 fully saturated rings. The average Bonchev–Trinajstić information content (AvgIpc) is 2.89. The summed E-state index contributed by atoms with van der Waals surface area (Å²) in [5, 5.41) is 6.62. The van der Waals surface area contributed by atoms with Crippen molar-refractivity contribution in [3.05, 3.63) is 65.9 Å². The van der Waals surface area contributed by atoms with E-state index in [2.05, 4.69) is 20.5 Å². The zero-order valence-electron chi connectivity index (χ0n) is 21.8. The normalized spacial score (nSPS) is 15.5. The molecule has 2 N–H and O–H groups in total. The van der Waals surface area contributed by atoms with Gasteiger partial charge in [0.1, 0.15) is 0 Å². The van der Waals surface area contributed by atoms with Crippen LogP contribution in [0.5, 0.6) is 0 Å². The lowest BCUT2D eigenvalue weighted by Crippen LogP contribution is -2.48. The van der Waals surface area contributed by atoms with Gasteiger partial charge >= 0.3 is 12.2 Å². The zero-order valence-corrected chi connectivity index (χ0v) is 22.6. The van der Waals surface area contributed by atoms with Crippen molar-refractivity contribution in [2.45, 2.75) is 43.8 Å². The molecular weight excluding hydrogens is 531 g/mol. The number of urea groups is 1. The van der Waals surface area contributed by atoms with Gasteiger partial charge in [0.2, 0.25) is 10.0 Å². The lowest BCUT2D eigenvalue weighted by Gasteiger charge is -2.37. The van der Waals surface area contributed by atoms with Gasteiger partial charge in [-0.2, -0.15) is 17.5 Å². The summed E-state index contributed by atoms with van der Waals surface area (Å²) < 4.78 is 66.4. The van der Waals surface area contributed by atoms with Gasteiger partial charge in [-0.15, -0.1) is 0 Å². The highest BCUT2D eigenvalue weighted by molar-refractivity contribution is 7.89. The molecule has 0 atom stereocenters. The minimum absolute atomic E-state index is 0.146. The van der Waals surface area contributed by atoms with Crippen molar-refractivity contribution in [3.63, 3.8) is 0 Å². The van der Waals surface area contributed by atoms with Crippen molar-refractivity contribution < 1.29 is 26.4 Å². The van der Waals surface area contributed by atoms with Crippen molar-refractivity contribution in [1.29, 1.82) is 0 Å². The third kappa shape index (κ3) is 6.87. The number of rotatable bonds is 8. The van der Waals surface area contributed by atoms with Crippen molar-refractivity contribution in [2.75, 3.05) is 38.0 Å². The van der Waals surface area contributed by atoms with E-state index < -0.39 is 21.8 Å². The summed E-state index contributed by atoms with van der Waals surface area (Å²) in [6, 6.07) is 12.5. The molecule has 0 radical (unpaired) electrons. The van der Waals surface area contributed by atoms with E-state index in [0.29, 0.717) is 44.7 Å². The monoisotopic (exact) mass is 563 g/mol. The van der Waals surface area contributed by atoms with E-state index >= 15 is 0 Å². The Hall–Kier alpha value is -3.22. The first-order valence-electron chi connectivity index (χ1n) is 12.8. The van der Waals surface area contributed by atoms with E-state index in [4.69, 9.17) is 0 Å². The maximum Gasteiger partial charge on any atom is 0.416 e. The molecule has 1 aromatic heterocycles. The third-order valence-corrected chi connectivity index (χ3v) is 8.91. The number of carbonyl (C=O) groups is 1. The van der Waals surface area contributed by atoms with Crippen LogP contribution in [0.2, 0.25) is 0 Å². The van der Waals surface area contributed by atoms with E-state index in [1.54, 1.807) is 6.92 Å². The topological polar surface area (TPSA) is 94.6 Å². The molecular formula is C27H32F3N5O3S. The van der Waals surface area contributed by atoms with Gasteiger partial charge in [0.25, 0.3) is 0 Å². The minimum Gasteiger partial charge on any atom is -0.337 e. The number of pyridine rings is 1. The van der Waals surface area contributed by atoms with Crippen LogP contribution in [-0.2, 0) is 16.2 Å². The van der Waals surface area contributed by atoms with E-state index in [1.165, 1.54) is 4.31 Å². The van der Waals surface area contributed by atoms with Crippen LogP contribution in [0.15, 0.2) is 59.5 Å². The number of halogens is 3. The quantitative estimate of drug-likeness (QED) is 0.408. The first kappa shape index (κ1) is 28.8. The summed E-state index contributed by atoms with van der Waals surface area (Å²) in [6.45, 7) is 6.12. The number of nitrogens with one attached hydrogen (secondary N) is 2. The number of fused-ring (bicyclic) bond motifs is 1. The molecule has 1 aliphatic heterocycles. The SMILES string of the molecule is CCN(C1CCN(CCNC(=O)Nc2cc(C)nc3ccccc23)CC1)S(=O)(=O)c1ccc(C(F)(F)F)cc1. The summed E-state index contributed by atoms with van der Waals surface area (Å²) in [7, 11) is -3.93. The summed E-state index contributed by atoms with van der Waals surface area (Å²) in [5.74, 6) is 0. The molecule has 2 heterocycles. The fraction of sp³-hybridized carbons (Fsp3) is 0.407. The maximum absolute atomic E-state index is 13.2. The molecule has 8 nitrogen and oxygen atoms in total. The Kier molecular flexibility index (Phi) is 8.77. The van der Waals surface area contributed by atoms with Gasteiger partial charge < -0.3 is 15.5 Å². The molecule has 0 saturated carbocycles. The molecule has 39 heavy (non-hydrogen) atoms. The molecule has 2 amide bonds. The van der Waals surface area contributed by atoms with E-state index in [9.17, 15) is 26.4 Å². The lowest BCUT2D eigenvalue weighted by atomic mass is 10.1. The number of aryl methyl sites for hydroxylation is 1. The highest BCUT2D eigenvalue weighted by Crippen LogP contribution is 2.31. The number of para-hydroxylation sites is 1. The maximum atomic E-state index is 13.2. The Labute approximate surface area is 226 Å². The summed E-state index contributed by atoms with van der Waals surface area (Å²) in [4.78, 5) is 19.0. The number of hydrogen-bond acceptors (Lipinski definition) is 5. The predicted molar refractivity (Wildman–Crippen MR) is 144 cm³/mol. The van der Waals surface area contributed by atoms with Crippen LogP contribution in [0.25, 0.3) is 10.9 Å². The number of piperidine rings is 1. The Morgan fingerprint density at radius 1 is 1.10 bits per heavy atom. The number of amides is 2. The lowest BCUT2D eigenvalue weighted by molar-refractivity contribution is -0.137. The van der Waals surface area contributed by atoms with Gasteiger partial charge in [-0.3, -0.25) is 4.98 Å². The Bertz CT molecular complexity index is 1410. The van der Waals surface area contributed by atoms with Gasteiger partial charge in [0.15, 0.2) is 0 Å². The van der Waals surface area contributed by atoms with E-state index in [-0.39, 0.29) is 23.5 Å². The largest absolute Gasteiger partial charge is 0.416 e. The molecule has 1 aliphatic rings. The van der Waals surface area contributed by atoms with Gasteiger partial charge in [-0.1, -0.05) is 25.1 Å². The number of likely N-dealkylation sites (tertiary alicyclic amines) is 1. The third-order valence-electron chi connectivity index (χ3n) is 6.87. The van der Waals surface area contributed by atoms with Crippen molar-refractivity contribution in [1.82, 2.24) is 19.5 Å². The van der Waals surface area contributed by atoms with Crippen LogP contribution in [-0.4, -0.2) is 67.4 Å². The summed E-state index contributed by atoms with van der Waals surface area (Å²) in [6.07, 6.45) is -3.36. The van der Waals surface area contributed by atoms with Crippen LogP contribution >= 0.6 is 0 Å². The Balaban J connectivity index is 1.27. The number of anilines is 1. The number of benzene rings is 2. The van der Waals surface area contributed by atoms with Crippen molar-refractivity contribution >= 4 is 32.6 Å². The molecule has 4 rings (SSSR count). The van der Waals surface area contributed by atoms with Crippen molar-refractivity contribution in [3.8, 4) is 0 Å². The molecule has 210 valence electrons. The highest BCUT2D eigenvalue weighted by atomic mass is 32.2. The predicted octanol–water partition coefficient (Wildman–Crippen LogP) is 4.86. The molecule has 0 spiro atoms. The fourth-order valence-corrected chi connectivity index (χ4v) is 6.61. The van der Waals surface area contributed by atoms with Crippen molar-refractivity contribution in [2.24, 2.45) is 0 Å². The minimum atomic E-state index is -4.53. The van der Waals surface area contributed by atoms with Gasteiger partial charge in [0.05, 0.1) is 21.7 Å². The molecule has 3 aromatic rings. The van der Waals surface area contributed by atoms with Crippen LogP contribution in [0.1, 0.15) is 31.0 Å². The van der Waals surface area contributed by atoms with Gasteiger partial charge in [-0.25, -0.2) is 13.2 Å². The number of carbonyl (C=O) groups excluding carboxylic acids is 1. The van der Waals surface area contributed by atoms with Gasteiger partial charge in [0, 0.05) is 36.8 Å². The molecule has 0 bridgehead atoms. The average molecular weight is 564 g/mol. The fourth-order valence-electron chi connectivity index (χ4n) is 4.91. The first-order valence-corrected chi connectivity index (χ1v) is 14.3. The van der Waals surface area contributed by atoms with Crippen LogP contribution in [0.3, 0.4) is 0 Å².